The number of epoxide rings is 1. The Bertz CT molecular complexity index is 3160. The second-order valence-corrected chi connectivity index (χ2v) is 27.6. The molecule has 4 bridgehead atoms. The predicted octanol–water partition coefficient (Wildman–Crippen LogP) is 6.63. The molecule has 2 aromatic rings. The molecule has 2 aromatic carbocycles. The number of amides is 8. The summed E-state index contributed by atoms with van der Waals surface area (Å²) in [6, 6.07) is 7.01. The molecule has 3 fully saturated rings. The van der Waals surface area contributed by atoms with Crippen molar-refractivity contribution in [2.24, 2.45) is 35.3 Å². The summed E-state index contributed by atoms with van der Waals surface area (Å²) in [7, 11) is 0.616. The number of rotatable bonds is 25. The number of imide groups is 1. The zero-order chi connectivity index (χ0) is 66.6. The van der Waals surface area contributed by atoms with Crippen LogP contribution in [-0.2, 0) is 77.0 Å². The quantitative estimate of drug-likeness (QED) is 0.0229. The lowest BCUT2D eigenvalue weighted by Gasteiger charge is -2.41. The molecule has 0 radical (unpaired) electrons. The number of allylic oxidation sites excluding steroid dienone is 3. The van der Waals surface area contributed by atoms with Gasteiger partial charge in [0, 0.05) is 64.2 Å². The fourth-order valence-electron chi connectivity index (χ4n) is 11.5. The largest absolute Gasteiger partial charge is 0.495 e. The maximum Gasteiger partial charge on any atom is 0.410 e. The van der Waals surface area contributed by atoms with Gasteiger partial charge in [-0.3, -0.25) is 39.1 Å². The number of Topliss-reactive ketones (excluding diaryl/α,β-unsaturated/α-hetero) is 1. The number of esters is 1. The van der Waals surface area contributed by atoms with Crippen molar-refractivity contribution in [1.29, 1.82) is 0 Å². The fourth-order valence-corrected chi connectivity index (χ4v) is 13.7. The number of alkyl carbamates (subject to hydrolysis) is 1. The number of primary amides is 1. The molecule has 0 saturated carbocycles. The molecule has 8 unspecified atom stereocenters. The van der Waals surface area contributed by atoms with Gasteiger partial charge < -0.3 is 50.1 Å². The number of likely N-dealkylation sites (tertiary alicyclic amines) is 1. The van der Waals surface area contributed by atoms with E-state index in [1.165, 1.54) is 37.9 Å². The van der Waals surface area contributed by atoms with Crippen LogP contribution in [0.3, 0.4) is 0 Å². The average molecular weight is 1300 g/mol. The highest BCUT2D eigenvalue weighted by Crippen LogP contribution is 2.49. The van der Waals surface area contributed by atoms with Crippen LogP contribution >= 0.6 is 11.6 Å². The summed E-state index contributed by atoms with van der Waals surface area (Å²) in [4.78, 5) is 123. The van der Waals surface area contributed by atoms with Crippen LogP contribution in [0.25, 0.3) is 0 Å². The van der Waals surface area contributed by atoms with E-state index in [1.54, 1.807) is 90.1 Å². The first kappa shape index (κ1) is 72.0. The number of nitrogens with two attached hydrogens (primary N) is 1. The molecule has 4 aliphatic heterocycles. The second kappa shape index (κ2) is 31.3. The second-order valence-electron chi connectivity index (χ2n) is 25.0. The van der Waals surface area contributed by atoms with Gasteiger partial charge in [-0.15, -0.1) is 0 Å². The summed E-state index contributed by atoms with van der Waals surface area (Å²) in [6.45, 7) is 13.9. The van der Waals surface area contributed by atoms with Crippen LogP contribution < -0.4 is 31.3 Å². The number of nitrogens with one attached hydrogen (secondary N) is 3. The van der Waals surface area contributed by atoms with E-state index in [-0.39, 0.29) is 79.5 Å². The molecule has 11 atom stereocenters. The number of fused-ring (bicyclic) bond motifs is 5. The van der Waals surface area contributed by atoms with Crippen molar-refractivity contribution in [3.05, 3.63) is 81.9 Å². The van der Waals surface area contributed by atoms with Crippen molar-refractivity contribution in [3.63, 3.8) is 0 Å². The van der Waals surface area contributed by atoms with Crippen molar-refractivity contribution in [1.82, 2.24) is 25.8 Å². The Balaban J connectivity index is 1.08. The van der Waals surface area contributed by atoms with Gasteiger partial charge in [-0.05, 0) is 87.6 Å². The van der Waals surface area contributed by atoms with Crippen molar-refractivity contribution in [2.45, 2.75) is 174 Å². The van der Waals surface area contributed by atoms with Gasteiger partial charge in [0.05, 0.1) is 48.8 Å². The Hall–Kier alpha value is -7.09. The van der Waals surface area contributed by atoms with Gasteiger partial charge in [0.2, 0.25) is 23.6 Å². The number of ether oxygens (including phenoxy) is 5. The van der Waals surface area contributed by atoms with Crippen molar-refractivity contribution >= 4 is 80.7 Å². The minimum Gasteiger partial charge on any atom is -0.495 e. The molecule has 8 amide bonds. The zero-order valence-electron chi connectivity index (χ0n) is 53.5. The number of ketones is 1. The highest BCUT2D eigenvalue weighted by Gasteiger charge is 2.64. The average Bonchev–Trinajstić information content (AvgIpc) is 1.60. The molecule has 4 aliphatic rings. The highest BCUT2D eigenvalue weighted by molar-refractivity contribution is 7.91. The number of benzene rings is 2. The zero-order valence-corrected chi connectivity index (χ0v) is 55.0. The highest BCUT2D eigenvalue weighted by atomic mass is 35.5. The number of nitrogens with zero attached hydrogens (tertiary/aromatic N) is 3. The van der Waals surface area contributed by atoms with E-state index in [9.17, 15) is 56.7 Å². The standard InChI is InChI=1S/C64H90ClN7O17S/c1-37(2)46(36-90(83,84)27-15-13-12-14-26-72-54(75)29-39(4)58(72)77)57(76)68-47(20-17-25-67-60(66)79)49(73)31-43-21-23-44(24-22-43)35-86-62(81)70(9)42(7)59(78)88-52-33-53(74)71(10)48-30-45(32-50(85-11)55(48)65)28-38(3)18-16-19-40(5)64(82)34-51(87-61(80)69-64)41(6)56-63(52,8)89-56/h16,18-19,21-24,30,32,37,39-42,46-47,51-52,56,82H,12-15,17,20,25-29,31,33-36H2,1-11H3,(H,68,76)(H,69,80)(H3,66,67,79)/b19-16+,38-18+/t39?,40?,41?,42-,46-,47-,51?,52?,56?,63?,64?/m0/s1. The van der Waals surface area contributed by atoms with Crippen LogP contribution in [0.1, 0.15) is 130 Å². The third-order valence-electron chi connectivity index (χ3n) is 17.6. The molecule has 0 spiro atoms. The lowest BCUT2D eigenvalue weighted by atomic mass is 9.82. The SMILES string of the molecule is COc1cc2cc(c1Cl)N(C)C(=O)CC(OC(=O)[C@H](C)N(C)C(=O)OCc1ccc(CC(=O)[C@H](CCCNC(N)=O)NC(=O)[C@@H](CS(=O)(=O)CCCCCCN3C(=O)CC(C)C3=O)C(C)C)cc1)C1(C)OC1C(C)C1CC(O)(NC(=O)O1)C(C)/C=C/C=C(\C)C2. The summed E-state index contributed by atoms with van der Waals surface area (Å²) < 4.78 is 56.2. The lowest BCUT2D eigenvalue weighted by molar-refractivity contribution is -0.158. The molecule has 4 heterocycles. The van der Waals surface area contributed by atoms with Gasteiger partial charge in [0.1, 0.15) is 47.0 Å². The normalized spacial score (nSPS) is 25.7. The van der Waals surface area contributed by atoms with Crippen LogP contribution in [0.4, 0.5) is 20.1 Å². The number of aliphatic hydroxyl groups is 1. The van der Waals surface area contributed by atoms with Gasteiger partial charge in [-0.25, -0.2) is 27.6 Å². The number of sulfone groups is 1. The van der Waals surface area contributed by atoms with Gasteiger partial charge >= 0.3 is 24.2 Å². The van der Waals surface area contributed by atoms with Gasteiger partial charge in [-0.2, -0.15) is 0 Å². The van der Waals surface area contributed by atoms with E-state index >= 15 is 0 Å². The predicted molar refractivity (Wildman–Crippen MR) is 334 cm³/mol. The molecule has 3 saturated heterocycles. The molecule has 6 N–H and O–H groups in total. The van der Waals surface area contributed by atoms with Crippen LogP contribution in [0.15, 0.2) is 60.2 Å². The molecular formula is C64H90ClN7O17S. The maximum atomic E-state index is 14.4. The number of hydrogen-bond donors (Lipinski definition) is 5. The lowest BCUT2D eigenvalue weighted by Crippen LogP contribution is -2.60. The number of unbranched alkanes of at least 4 members (excludes halogenated alkanes) is 3. The Morgan fingerprint density at radius 1 is 0.967 bits per heavy atom. The first-order valence-corrected chi connectivity index (χ1v) is 32.9. The number of likely N-dealkylation sites (N-methyl/N-ethyl adjacent to an activating group) is 1. The minimum absolute atomic E-state index is 0.0176. The Labute approximate surface area is 532 Å². The molecular weight excluding hydrogens is 1210 g/mol. The summed E-state index contributed by atoms with van der Waals surface area (Å²) >= 11 is 6.84. The molecule has 90 heavy (non-hydrogen) atoms. The van der Waals surface area contributed by atoms with Crippen molar-refractivity contribution < 1.29 is 80.4 Å². The van der Waals surface area contributed by atoms with E-state index in [4.69, 9.17) is 41.0 Å². The van der Waals surface area contributed by atoms with Crippen LogP contribution in [0.2, 0.25) is 5.02 Å². The number of carbonyl (C=O) groups excluding carboxylic acids is 9. The Morgan fingerprint density at radius 2 is 1.64 bits per heavy atom. The van der Waals surface area contributed by atoms with E-state index in [0.717, 1.165) is 16.0 Å². The number of anilines is 1. The van der Waals surface area contributed by atoms with Crippen LogP contribution in [-0.4, -0.2) is 164 Å². The first-order valence-electron chi connectivity index (χ1n) is 30.7. The topological polar surface area (TPSA) is 329 Å². The number of hydrogen-bond acceptors (Lipinski definition) is 17. The summed E-state index contributed by atoms with van der Waals surface area (Å²) in [5.74, 6) is -5.96. The Morgan fingerprint density at radius 3 is 2.29 bits per heavy atom. The summed E-state index contributed by atoms with van der Waals surface area (Å²) in [5.41, 5.74) is 5.30. The molecule has 6 rings (SSSR count). The smallest absolute Gasteiger partial charge is 0.410 e. The van der Waals surface area contributed by atoms with Crippen molar-refractivity contribution in [2.75, 3.05) is 50.7 Å². The molecule has 26 heteroatoms. The molecule has 0 aliphatic carbocycles. The third-order valence-corrected chi connectivity index (χ3v) is 19.8. The van der Waals surface area contributed by atoms with Gasteiger partial charge in [0.15, 0.2) is 15.6 Å². The van der Waals surface area contributed by atoms with E-state index in [0.29, 0.717) is 61.2 Å². The van der Waals surface area contributed by atoms with E-state index < -0.39 is 123 Å². The monoisotopic (exact) mass is 1300 g/mol. The molecule has 0 aromatic heterocycles. The molecule has 496 valence electrons. The maximum absolute atomic E-state index is 14.4. The third kappa shape index (κ3) is 19.0. The van der Waals surface area contributed by atoms with Crippen LogP contribution in [0.5, 0.6) is 5.75 Å². The molecule has 24 nitrogen and oxygen atoms in total. The minimum atomic E-state index is -3.72. The Kier molecular flexibility index (Phi) is 25.0. The van der Waals surface area contributed by atoms with Gasteiger partial charge in [-0.1, -0.05) is 107 Å². The fraction of sp³-hybridized carbons (Fsp3) is 0.609. The van der Waals surface area contributed by atoms with E-state index in [1.807, 2.05) is 13.0 Å². The number of halogens is 1. The summed E-state index contributed by atoms with van der Waals surface area (Å²) in [6.07, 6.45) is 3.30. The number of carbonyl (C=O) groups is 9. The van der Waals surface area contributed by atoms with Crippen molar-refractivity contribution in [3.8, 4) is 5.75 Å². The van der Waals surface area contributed by atoms with Crippen LogP contribution in [0, 0.1) is 29.6 Å². The number of methoxy groups -OCH3 is 1. The first-order chi connectivity index (χ1) is 42.3. The number of urea groups is 1. The summed E-state index contributed by atoms with van der Waals surface area (Å²) in [5, 5.41) is 19.8. The van der Waals surface area contributed by atoms with Gasteiger partial charge in [0.25, 0.3) is 0 Å². The van der Waals surface area contributed by atoms with E-state index in [2.05, 4.69) is 16.0 Å².